The number of hydrogen-bond acceptors (Lipinski definition) is 4. The number of carbonyl (C=O) groups is 1. The predicted molar refractivity (Wildman–Crippen MR) is 58.0 cm³/mol. The number of hydrogen-bond donors (Lipinski definition) is 0. The molecule has 2 unspecified atom stereocenters. The summed E-state index contributed by atoms with van der Waals surface area (Å²) >= 11 is -2.06. The van der Waals surface area contributed by atoms with Gasteiger partial charge in [0.05, 0.1) is 6.61 Å². The van der Waals surface area contributed by atoms with Crippen molar-refractivity contribution in [3.63, 3.8) is 0 Å². The molecule has 4 nitrogen and oxygen atoms in total. The minimum Gasteiger partial charge on any atom is -0.772 e. The molecule has 0 fully saturated rings. The van der Waals surface area contributed by atoms with Gasteiger partial charge in [0.1, 0.15) is 0 Å². The van der Waals surface area contributed by atoms with Crippen molar-refractivity contribution in [3.05, 3.63) is 0 Å². The van der Waals surface area contributed by atoms with Crippen LogP contribution in [0.4, 0.5) is 0 Å². The Kier molecular flexibility index (Phi) is 7.60. The zero-order valence-corrected chi connectivity index (χ0v) is 10.3. The second-order valence-corrected chi connectivity index (χ2v) is 5.03. The molecule has 0 aliphatic heterocycles. The van der Waals surface area contributed by atoms with Gasteiger partial charge in [-0.3, -0.25) is 9.00 Å². The van der Waals surface area contributed by atoms with Crippen molar-refractivity contribution < 1.29 is 18.3 Å². The van der Waals surface area contributed by atoms with Crippen LogP contribution in [-0.4, -0.2) is 27.1 Å². The Bertz CT molecular complexity index is 215. The summed E-state index contributed by atoms with van der Waals surface area (Å²) in [7, 11) is 0. The lowest BCUT2D eigenvalue weighted by atomic mass is 9.99. The van der Waals surface area contributed by atoms with Crippen LogP contribution in [0, 0.1) is 11.8 Å². The van der Waals surface area contributed by atoms with Crippen LogP contribution in [0.5, 0.6) is 0 Å². The van der Waals surface area contributed by atoms with Gasteiger partial charge in [-0.05, 0) is 18.3 Å². The topological polar surface area (TPSA) is 66.4 Å². The maximum atomic E-state index is 11.1. The third kappa shape index (κ3) is 8.57. The van der Waals surface area contributed by atoms with E-state index in [1.165, 1.54) is 0 Å². The molecule has 0 N–H and O–H groups in total. The summed E-state index contributed by atoms with van der Waals surface area (Å²) in [5.74, 6) is 0.525. The molecule has 0 saturated heterocycles. The molecule has 90 valence electrons. The van der Waals surface area contributed by atoms with Crippen LogP contribution in [0.15, 0.2) is 0 Å². The van der Waals surface area contributed by atoms with Crippen molar-refractivity contribution in [1.82, 2.24) is 0 Å². The van der Waals surface area contributed by atoms with E-state index in [1.807, 2.05) is 6.92 Å². The molecule has 0 radical (unpaired) electrons. The van der Waals surface area contributed by atoms with E-state index in [9.17, 15) is 13.6 Å². The van der Waals surface area contributed by atoms with Gasteiger partial charge in [0.25, 0.3) is 0 Å². The van der Waals surface area contributed by atoms with Crippen molar-refractivity contribution in [2.45, 2.75) is 33.6 Å². The summed E-state index contributed by atoms with van der Waals surface area (Å²) in [6.07, 6.45) is 0.518. The Morgan fingerprint density at radius 1 is 1.40 bits per heavy atom. The molecule has 0 saturated carbocycles. The number of rotatable bonds is 7. The lowest BCUT2D eigenvalue weighted by Gasteiger charge is -2.15. The lowest BCUT2D eigenvalue weighted by Crippen LogP contribution is -2.16. The maximum absolute atomic E-state index is 11.1. The molecule has 0 aliphatic carbocycles. The molecule has 5 heteroatoms. The second-order valence-electron chi connectivity index (χ2n) is 4.02. The minimum atomic E-state index is -2.06. The van der Waals surface area contributed by atoms with Gasteiger partial charge in [0, 0.05) is 12.2 Å². The molecule has 2 atom stereocenters. The third-order valence-corrected chi connectivity index (χ3v) is 2.96. The van der Waals surface area contributed by atoms with Crippen LogP contribution in [0.1, 0.15) is 33.6 Å². The van der Waals surface area contributed by atoms with Gasteiger partial charge < -0.3 is 9.29 Å². The largest absolute Gasteiger partial charge is 0.772 e. The SMILES string of the molecule is CC(C)C(C)COC(=O)CCCS(=O)[O-]. The summed E-state index contributed by atoms with van der Waals surface area (Å²) < 4.78 is 25.4. The molecule has 0 aromatic carbocycles. The lowest BCUT2D eigenvalue weighted by molar-refractivity contribution is -0.145. The first-order valence-corrected chi connectivity index (χ1v) is 6.39. The highest BCUT2D eigenvalue weighted by atomic mass is 32.2. The van der Waals surface area contributed by atoms with Crippen molar-refractivity contribution in [1.29, 1.82) is 0 Å². The Hall–Kier alpha value is -0.420. The molecular formula is C10H19O4S-. The zero-order valence-electron chi connectivity index (χ0n) is 9.52. The first-order chi connectivity index (χ1) is 6.93. The first kappa shape index (κ1) is 14.6. The summed E-state index contributed by atoms with van der Waals surface area (Å²) in [6.45, 7) is 6.57. The summed E-state index contributed by atoms with van der Waals surface area (Å²) in [5, 5.41) is 0. The van der Waals surface area contributed by atoms with Crippen LogP contribution >= 0.6 is 0 Å². The van der Waals surface area contributed by atoms with E-state index in [2.05, 4.69) is 13.8 Å². The molecule has 0 heterocycles. The summed E-state index contributed by atoms with van der Waals surface area (Å²) in [6, 6.07) is 0. The fraction of sp³-hybridized carbons (Fsp3) is 0.900. The van der Waals surface area contributed by atoms with Crippen LogP contribution < -0.4 is 0 Å². The van der Waals surface area contributed by atoms with Gasteiger partial charge in [-0.15, -0.1) is 0 Å². The molecule has 0 aliphatic rings. The summed E-state index contributed by atoms with van der Waals surface area (Å²) in [5.41, 5.74) is 0. The van der Waals surface area contributed by atoms with Crippen LogP contribution in [0.25, 0.3) is 0 Å². The standard InChI is InChI=1S/C10H20O4S/c1-8(2)9(3)7-14-10(11)5-4-6-15(12)13/h8-9H,4-7H2,1-3H3,(H,12,13)/p-1. The smallest absolute Gasteiger partial charge is 0.305 e. The Balaban J connectivity index is 3.53. The van der Waals surface area contributed by atoms with Gasteiger partial charge in [0.2, 0.25) is 0 Å². The van der Waals surface area contributed by atoms with E-state index in [0.717, 1.165) is 0 Å². The van der Waals surface area contributed by atoms with Crippen molar-refractivity contribution >= 4 is 17.0 Å². The highest BCUT2D eigenvalue weighted by molar-refractivity contribution is 7.79. The molecule has 0 amide bonds. The van der Waals surface area contributed by atoms with Gasteiger partial charge in [-0.1, -0.05) is 31.9 Å². The van der Waals surface area contributed by atoms with E-state index >= 15 is 0 Å². The number of ether oxygens (including phenoxy) is 1. The fourth-order valence-corrected chi connectivity index (χ4v) is 1.20. The quantitative estimate of drug-likeness (QED) is 0.495. The average Bonchev–Trinajstić information content (AvgIpc) is 2.13. The van der Waals surface area contributed by atoms with Gasteiger partial charge in [-0.25, -0.2) is 0 Å². The van der Waals surface area contributed by atoms with Crippen LogP contribution in [-0.2, 0) is 20.6 Å². The fourth-order valence-electron chi connectivity index (χ4n) is 0.823. The van der Waals surface area contributed by atoms with Gasteiger partial charge in [0.15, 0.2) is 0 Å². The molecule has 15 heavy (non-hydrogen) atoms. The number of carbonyl (C=O) groups excluding carboxylic acids is 1. The molecule has 0 aromatic rings. The predicted octanol–water partition coefficient (Wildman–Crippen LogP) is 1.48. The van der Waals surface area contributed by atoms with Crippen molar-refractivity contribution in [2.24, 2.45) is 11.8 Å². The molecule has 0 rings (SSSR count). The molecule has 0 aromatic heterocycles. The van der Waals surface area contributed by atoms with E-state index < -0.39 is 11.1 Å². The maximum Gasteiger partial charge on any atom is 0.305 e. The zero-order chi connectivity index (χ0) is 11.8. The van der Waals surface area contributed by atoms with E-state index in [1.54, 1.807) is 0 Å². The van der Waals surface area contributed by atoms with Gasteiger partial charge in [-0.2, -0.15) is 0 Å². The molecule has 0 bridgehead atoms. The highest BCUT2D eigenvalue weighted by Gasteiger charge is 2.10. The summed E-state index contributed by atoms with van der Waals surface area (Å²) in [4.78, 5) is 11.1. The normalized spacial score (nSPS) is 15.0. The average molecular weight is 235 g/mol. The van der Waals surface area contributed by atoms with Crippen molar-refractivity contribution in [3.8, 4) is 0 Å². The van der Waals surface area contributed by atoms with E-state index in [4.69, 9.17) is 4.74 Å². The van der Waals surface area contributed by atoms with Crippen molar-refractivity contribution in [2.75, 3.05) is 12.4 Å². The highest BCUT2D eigenvalue weighted by Crippen LogP contribution is 2.10. The Labute approximate surface area is 93.7 Å². The monoisotopic (exact) mass is 235 g/mol. The Morgan fingerprint density at radius 3 is 2.47 bits per heavy atom. The third-order valence-electron chi connectivity index (χ3n) is 2.34. The first-order valence-electron chi connectivity index (χ1n) is 5.15. The molecule has 0 spiro atoms. The minimum absolute atomic E-state index is 0.0227. The van der Waals surface area contributed by atoms with Crippen LogP contribution in [0.2, 0.25) is 0 Å². The van der Waals surface area contributed by atoms with E-state index in [-0.39, 0.29) is 18.1 Å². The Morgan fingerprint density at radius 2 is 2.00 bits per heavy atom. The van der Waals surface area contributed by atoms with Crippen LogP contribution in [0.3, 0.4) is 0 Å². The van der Waals surface area contributed by atoms with E-state index in [0.29, 0.717) is 24.9 Å². The number of esters is 1. The second kappa shape index (κ2) is 7.82. The molecular weight excluding hydrogens is 216 g/mol. The van der Waals surface area contributed by atoms with Gasteiger partial charge >= 0.3 is 5.97 Å².